The lowest BCUT2D eigenvalue weighted by molar-refractivity contribution is -0.121. The van der Waals surface area contributed by atoms with E-state index < -0.39 is 0 Å². The van der Waals surface area contributed by atoms with Crippen molar-refractivity contribution in [3.8, 4) is 11.4 Å². The Morgan fingerprint density at radius 2 is 1.80 bits per heavy atom. The van der Waals surface area contributed by atoms with Crippen LogP contribution in [0.25, 0.3) is 11.8 Å². The van der Waals surface area contributed by atoms with Gasteiger partial charge >= 0.3 is 0 Å². The zero-order valence-corrected chi connectivity index (χ0v) is 21.0. The van der Waals surface area contributed by atoms with Crippen LogP contribution in [0.4, 0.5) is 0 Å². The average Bonchev–Trinajstić information content (AvgIpc) is 3.25. The molecule has 1 aromatic heterocycles. The molecule has 1 aliphatic heterocycles. The molecule has 0 unspecified atom stereocenters. The van der Waals surface area contributed by atoms with Crippen LogP contribution in [0.1, 0.15) is 43.6 Å². The molecule has 35 heavy (non-hydrogen) atoms. The van der Waals surface area contributed by atoms with Crippen LogP contribution in [0.5, 0.6) is 5.75 Å². The number of nitrogens with zero attached hydrogens (tertiary/aromatic N) is 3. The Morgan fingerprint density at radius 1 is 1.09 bits per heavy atom. The number of methoxy groups -OCH3 is 1. The maximum Gasteiger partial charge on any atom is 0.227 e. The molecule has 0 atom stereocenters. The Morgan fingerprint density at radius 3 is 2.51 bits per heavy atom. The summed E-state index contributed by atoms with van der Waals surface area (Å²) in [6.45, 7) is 6.83. The van der Waals surface area contributed by atoms with Crippen LogP contribution in [-0.4, -0.2) is 47.5 Å². The van der Waals surface area contributed by atoms with Gasteiger partial charge in [0.05, 0.1) is 31.6 Å². The molecule has 1 aliphatic rings. The molecule has 1 saturated heterocycles. The zero-order chi connectivity index (χ0) is 24.6. The molecule has 184 valence electrons. The first-order valence-electron chi connectivity index (χ1n) is 12.5. The van der Waals surface area contributed by atoms with Gasteiger partial charge in [0, 0.05) is 24.3 Å². The lowest BCUT2D eigenvalue weighted by atomic mass is 10.0. The van der Waals surface area contributed by atoms with Crippen LogP contribution >= 0.6 is 0 Å². The lowest BCUT2D eigenvalue weighted by Crippen LogP contribution is -2.41. The number of hydrogen-bond acceptors (Lipinski definition) is 4. The smallest absolute Gasteiger partial charge is 0.227 e. The van der Waals surface area contributed by atoms with E-state index in [9.17, 15) is 4.79 Å². The summed E-state index contributed by atoms with van der Waals surface area (Å²) in [5, 5.41) is 7.85. The van der Waals surface area contributed by atoms with E-state index in [0.29, 0.717) is 12.6 Å². The normalized spacial score (nSPS) is 14.2. The monoisotopic (exact) mass is 472 g/mol. The number of piperidine rings is 1. The molecule has 3 aromatic rings. The standard InChI is InChI=1S/C29H36N4O2/c1-22(2)17-27-19-25(31-33(27)26-10-5-4-6-11-26)20-29(34)30-21-32-15-13-23(14-16-32)18-24-9-7-8-12-28(24)35-3/h4-12,18-19,22H,13-17,20-21H2,1-3H3,(H,30,34). The summed E-state index contributed by atoms with van der Waals surface area (Å²) < 4.78 is 7.44. The van der Waals surface area contributed by atoms with E-state index in [-0.39, 0.29) is 12.3 Å². The highest BCUT2D eigenvalue weighted by atomic mass is 16.5. The Kier molecular flexibility index (Phi) is 8.37. The van der Waals surface area contributed by atoms with Gasteiger partial charge in [-0.25, -0.2) is 4.68 Å². The third-order valence-electron chi connectivity index (χ3n) is 6.29. The van der Waals surface area contributed by atoms with Crippen molar-refractivity contribution in [2.75, 3.05) is 26.9 Å². The van der Waals surface area contributed by atoms with Gasteiger partial charge in [-0.1, -0.05) is 61.9 Å². The Bertz CT molecular complexity index is 1140. The molecule has 2 heterocycles. The van der Waals surface area contributed by atoms with Crippen LogP contribution in [0.2, 0.25) is 0 Å². The Balaban J connectivity index is 1.30. The molecular weight excluding hydrogens is 436 g/mol. The van der Waals surface area contributed by atoms with Crippen molar-refractivity contribution in [2.45, 2.75) is 39.5 Å². The Hall–Kier alpha value is -3.38. The molecule has 0 aliphatic carbocycles. The fourth-order valence-corrected chi connectivity index (χ4v) is 4.49. The summed E-state index contributed by atoms with van der Waals surface area (Å²) in [5.41, 5.74) is 5.52. The van der Waals surface area contributed by atoms with Gasteiger partial charge in [0.2, 0.25) is 5.91 Å². The number of carbonyl (C=O) groups excluding carboxylic acids is 1. The summed E-state index contributed by atoms with van der Waals surface area (Å²) in [6, 6.07) is 20.3. The van der Waals surface area contributed by atoms with E-state index in [1.807, 2.05) is 53.2 Å². The molecule has 0 spiro atoms. The van der Waals surface area contributed by atoms with E-state index in [4.69, 9.17) is 9.84 Å². The highest BCUT2D eigenvalue weighted by Crippen LogP contribution is 2.24. The van der Waals surface area contributed by atoms with Gasteiger partial charge in [-0.15, -0.1) is 0 Å². The van der Waals surface area contributed by atoms with Crippen LogP contribution in [0.15, 0.2) is 66.2 Å². The molecule has 1 amide bonds. The predicted molar refractivity (Wildman–Crippen MR) is 141 cm³/mol. The molecule has 0 bridgehead atoms. The van der Waals surface area contributed by atoms with E-state index in [2.05, 4.69) is 42.3 Å². The van der Waals surface area contributed by atoms with Crippen LogP contribution in [-0.2, 0) is 17.6 Å². The highest BCUT2D eigenvalue weighted by molar-refractivity contribution is 5.78. The second kappa shape index (κ2) is 11.8. The number of carbonyl (C=O) groups is 1. The molecule has 1 fully saturated rings. The van der Waals surface area contributed by atoms with Crippen molar-refractivity contribution in [2.24, 2.45) is 5.92 Å². The summed E-state index contributed by atoms with van der Waals surface area (Å²) in [5.74, 6) is 1.42. The fourth-order valence-electron chi connectivity index (χ4n) is 4.49. The number of ether oxygens (including phenoxy) is 1. The Labute approximate surface area is 208 Å². The molecular formula is C29H36N4O2. The maximum absolute atomic E-state index is 12.7. The number of nitrogens with one attached hydrogen (secondary N) is 1. The molecule has 1 N–H and O–H groups in total. The quantitative estimate of drug-likeness (QED) is 0.482. The van der Waals surface area contributed by atoms with E-state index >= 15 is 0 Å². The minimum atomic E-state index is 0.00849. The van der Waals surface area contributed by atoms with Gasteiger partial charge in [0.25, 0.3) is 0 Å². The molecule has 6 nitrogen and oxygen atoms in total. The molecule has 0 saturated carbocycles. The number of amides is 1. The van der Waals surface area contributed by atoms with Crippen LogP contribution < -0.4 is 10.1 Å². The minimum absolute atomic E-state index is 0.00849. The van der Waals surface area contributed by atoms with Gasteiger partial charge in [0.1, 0.15) is 5.75 Å². The van der Waals surface area contributed by atoms with E-state index in [1.165, 1.54) is 5.57 Å². The second-order valence-corrected chi connectivity index (χ2v) is 9.57. The van der Waals surface area contributed by atoms with Gasteiger partial charge < -0.3 is 10.1 Å². The largest absolute Gasteiger partial charge is 0.496 e. The first-order chi connectivity index (χ1) is 17.0. The van der Waals surface area contributed by atoms with Crippen molar-refractivity contribution in [3.05, 3.63) is 83.2 Å². The summed E-state index contributed by atoms with van der Waals surface area (Å²) in [4.78, 5) is 15.0. The second-order valence-electron chi connectivity index (χ2n) is 9.57. The van der Waals surface area contributed by atoms with Gasteiger partial charge in [0.15, 0.2) is 0 Å². The molecule has 0 radical (unpaired) electrons. The van der Waals surface area contributed by atoms with Crippen LogP contribution in [0.3, 0.4) is 0 Å². The number of benzene rings is 2. The minimum Gasteiger partial charge on any atom is -0.496 e. The first kappa shape index (κ1) is 24.7. The third-order valence-corrected chi connectivity index (χ3v) is 6.29. The fraction of sp³-hybridized carbons (Fsp3) is 0.379. The van der Waals surface area contributed by atoms with Crippen molar-refractivity contribution >= 4 is 12.0 Å². The summed E-state index contributed by atoms with van der Waals surface area (Å²) >= 11 is 0. The summed E-state index contributed by atoms with van der Waals surface area (Å²) in [7, 11) is 1.71. The topological polar surface area (TPSA) is 59.4 Å². The SMILES string of the molecule is COc1ccccc1C=C1CCN(CNC(=O)Cc2cc(CC(C)C)n(-c3ccccc3)n2)CC1. The van der Waals surface area contributed by atoms with Crippen molar-refractivity contribution < 1.29 is 9.53 Å². The molecule has 6 heteroatoms. The number of hydrogen-bond donors (Lipinski definition) is 1. The average molecular weight is 473 g/mol. The number of rotatable bonds is 9. The van der Waals surface area contributed by atoms with Gasteiger partial charge in [-0.3, -0.25) is 9.69 Å². The van der Waals surface area contributed by atoms with Crippen molar-refractivity contribution in [3.63, 3.8) is 0 Å². The highest BCUT2D eigenvalue weighted by Gasteiger charge is 2.17. The van der Waals surface area contributed by atoms with Crippen molar-refractivity contribution in [1.82, 2.24) is 20.0 Å². The maximum atomic E-state index is 12.7. The molecule has 4 rings (SSSR count). The summed E-state index contributed by atoms with van der Waals surface area (Å²) in [6.07, 6.45) is 5.44. The van der Waals surface area contributed by atoms with E-state index in [0.717, 1.165) is 60.7 Å². The zero-order valence-electron chi connectivity index (χ0n) is 21.0. The first-order valence-corrected chi connectivity index (χ1v) is 12.5. The van der Waals surface area contributed by atoms with Gasteiger partial charge in [-0.05, 0) is 49.4 Å². The lowest BCUT2D eigenvalue weighted by Gasteiger charge is -2.28. The van der Waals surface area contributed by atoms with Crippen LogP contribution in [0, 0.1) is 5.92 Å². The predicted octanol–water partition coefficient (Wildman–Crippen LogP) is 4.88. The number of aromatic nitrogens is 2. The van der Waals surface area contributed by atoms with E-state index in [1.54, 1.807) is 7.11 Å². The number of para-hydroxylation sites is 2. The van der Waals surface area contributed by atoms with Crippen molar-refractivity contribution in [1.29, 1.82) is 0 Å². The molecule has 2 aromatic carbocycles. The third kappa shape index (κ3) is 6.83. The van der Waals surface area contributed by atoms with Gasteiger partial charge in [-0.2, -0.15) is 5.10 Å². The number of likely N-dealkylation sites (tertiary alicyclic amines) is 1.